The topological polar surface area (TPSA) is 357 Å². The van der Waals surface area contributed by atoms with Crippen LogP contribution in [0.1, 0.15) is 43.2 Å². The molecule has 0 unspecified atom stereocenters. The number of carboxylic acid groups (broad SMARTS) is 4. The minimum atomic E-state index is -1.94. The molecule has 1 saturated heterocycles. The number of carbonyl (C=O) groups is 10. The third-order valence-corrected chi connectivity index (χ3v) is 9.64. The zero-order valence-electron chi connectivity index (χ0n) is 32.5. The van der Waals surface area contributed by atoms with Gasteiger partial charge in [-0.15, -0.1) is 0 Å². The molecule has 3 aromatic rings. The van der Waals surface area contributed by atoms with Crippen molar-refractivity contribution in [2.75, 3.05) is 13.1 Å². The van der Waals surface area contributed by atoms with Gasteiger partial charge in [-0.25, -0.2) is 0 Å². The highest BCUT2D eigenvalue weighted by atomic mass is 16.4. The van der Waals surface area contributed by atoms with Crippen molar-refractivity contribution < 1.29 is 68.4 Å². The first-order chi connectivity index (χ1) is 28.9. The molecular formula is C39H46N8O14. The minimum absolute atomic E-state index is 0.0479. The van der Waals surface area contributed by atoms with Crippen molar-refractivity contribution in [3.05, 3.63) is 71.9 Å². The molecule has 6 amide bonds. The van der Waals surface area contributed by atoms with E-state index in [0.29, 0.717) is 17.5 Å². The van der Waals surface area contributed by atoms with Gasteiger partial charge in [0, 0.05) is 36.5 Å². The number of benzene rings is 2. The number of carbonyl (C=O) groups excluding carboxylic acids is 6. The van der Waals surface area contributed by atoms with Gasteiger partial charge in [0.1, 0.15) is 36.8 Å². The van der Waals surface area contributed by atoms with E-state index in [1.54, 1.807) is 60.8 Å². The first-order valence-corrected chi connectivity index (χ1v) is 18.9. The zero-order valence-corrected chi connectivity index (χ0v) is 32.5. The Hall–Kier alpha value is -7.36. The largest absolute Gasteiger partial charge is 0.481 e. The molecular weight excluding hydrogens is 804 g/mol. The van der Waals surface area contributed by atoms with Crippen LogP contribution in [0.15, 0.2) is 60.8 Å². The molecule has 1 aliphatic rings. The average Bonchev–Trinajstić information content (AvgIpc) is 3.86. The number of aromatic nitrogens is 1. The number of H-pyrrole nitrogens is 1. The van der Waals surface area contributed by atoms with Crippen molar-refractivity contribution >= 4 is 70.2 Å². The van der Waals surface area contributed by atoms with Crippen LogP contribution in [0.4, 0.5) is 0 Å². The Kier molecular flexibility index (Phi) is 16.4. The van der Waals surface area contributed by atoms with E-state index in [2.05, 4.69) is 20.9 Å². The van der Waals surface area contributed by atoms with Gasteiger partial charge in [0.2, 0.25) is 35.4 Å². The van der Waals surface area contributed by atoms with Gasteiger partial charge in [-0.1, -0.05) is 48.5 Å². The SMILES string of the molecule is N[C@@H](CC(=O)O)C(=O)N[C@@H](Cc1c[nH]c2ccccc12)C(=O)N1CCC[C@H]1C(=O)N[C@@H](Cc1ccccc1)C(=O)N[C@@H](CC(=O)O)C(=O)N[C@@H](CC(=O)O)C(=O)NCC(=O)O. The van der Waals surface area contributed by atoms with Crippen LogP contribution in [-0.2, 0) is 60.8 Å². The highest BCUT2D eigenvalue weighted by Crippen LogP contribution is 2.23. The standard InChI is InChI=1S/C39H46N8O14/c40-23(15-30(48)49)34(56)46-28(14-21-18-41-24-10-5-4-9-22(21)24)39(61)47-12-6-11-29(47)38(60)45-25(13-20-7-2-1-3-8-20)36(58)44-27(17-32(52)53)37(59)43-26(16-31(50)51)35(57)42-19-33(54)55/h1-5,7-10,18,23,25-29,41H,6,11-17,19,40H2,(H,42,57)(H,43,59)(H,44,58)(H,45,60)(H,46,56)(H,48,49)(H,50,51)(H,52,53)(H,54,55)/t23-,25-,26-,27-,28-,29-/m0/s1. The van der Waals surface area contributed by atoms with E-state index in [9.17, 15) is 63.3 Å². The molecule has 0 spiro atoms. The van der Waals surface area contributed by atoms with Crippen LogP contribution in [0.25, 0.3) is 10.9 Å². The summed E-state index contributed by atoms with van der Waals surface area (Å²) in [6.07, 6.45) is -1.03. The Morgan fingerprint density at radius 1 is 0.656 bits per heavy atom. The van der Waals surface area contributed by atoms with Gasteiger partial charge in [-0.2, -0.15) is 0 Å². The second-order valence-electron chi connectivity index (χ2n) is 14.2. The number of rotatable bonds is 22. The van der Waals surface area contributed by atoms with Crippen molar-refractivity contribution in [1.29, 1.82) is 0 Å². The highest BCUT2D eigenvalue weighted by molar-refractivity contribution is 5.99. The number of fused-ring (bicyclic) bond motifs is 1. The van der Waals surface area contributed by atoms with Crippen LogP contribution in [0.2, 0.25) is 0 Å². The maximum absolute atomic E-state index is 14.3. The smallest absolute Gasteiger partial charge is 0.322 e. The number of amides is 6. The van der Waals surface area contributed by atoms with E-state index in [0.717, 1.165) is 10.9 Å². The van der Waals surface area contributed by atoms with Crippen LogP contribution in [0.3, 0.4) is 0 Å². The molecule has 4 rings (SSSR count). The summed E-state index contributed by atoms with van der Waals surface area (Å²) in [5.74, 6) is -12.0. The predicted molar refractivity (Wildman–Crippen MR) is 210 cm³/mol. The van der Waals surface area contributed by atoms with Crippen LogP contribution in [-0.4, -0.2) is 139 Å². The Bertz CT molecular complexity index is 2140. The molecule has 0 bridgehead atoms. The number of para-hydroxylation sites is 1. The van der Waals surface area contributed by atoms with E-state index in [4.69, 9.17) is 10.8 Å². The van der Waals surface area contributed by atoms with Crippen molar-refractivity contribution in [3.63, 3.8) is 0 Å². The second kappa shape index (κ2) is 21.6. The van der Waals surface area contributed by atoms with Crippen molar-refractivity contribution in [2.45, 2.75) is 81.2 Å². The minimum Gasteiger partial charge on any atom is -0.481 e. The fraction of sp³-hybridized carbons (Fsp3) is 0.385. The molecule has 326 valence electrons. The quantitative estimate of drug-likeness (QED) is 0.0513. The zero-order chi connectivity index (χ0) is 44.8. The monoisotopic (exact) mass is 850 g/mol. The first kappa shape index (κ1) is 46.3. The Morgan fingerprint density at radius 2 is 1.23 bits per heavy atom. The molecule has 2 heterocycles. The summed E-state index contributed by atoms with van der Waals surface area (Å²) in [7, 11) is 0. The third kappa shape index (κ3) is 13.6. The van der Waals surface area contributed by atoms with Gasteiger partial charge in [-0.05, 0) is 30.0 Å². The molecule has 0 saturated carbocycles. The molecule has 0 aliphatic carbocycles. The fourth-order valence-electron chi connectivity index (χ4n) is 6.71. The van der Waals surface area contributed by atoms with Crippen LogP contribution in [0.5, 0.6) is 0 Å². The Morgan fingerprint density at radius 3 is 1.85 bits per heavy atom. The number of nitrogens with two attached hydrogens (primary N) is 1. The number of hydrogen-bond acceptors (Lipinski definition) is 11. The number of carboxylic acids is 4. The van der Waals surface area contributed by atoms with Gasteiger partial charge in [0.15, 0.2) is 0 Å². The van der Waals surface area contributed by atoms with Gasteiger partial charge in [-0.3, -0.25) is 47.9 Å². The molecule has 22 nitrogen and oxygen atoms in total. The number of nitrogens with one attached hydrogen (secondary N) is 6. The maximum Gasteiger partial charge on any atom is 0.322 e. The van der Waals surface area contributed by atoms with Gasteiger partial charge < -0.3 is 62.6 Å². The molecule has 22 heteroatoms. The molecule has 1 aliphatic heterocycles. The molecule has 2 aromatic carbocycles. The lowest BCUT2D eigenvalue weighted by Crippen LogP contribution is -2.60. The fourth-order valence-corrected chi connectivity index (χ4v) is 6.71. The maximum atomic E-state index is 14.3. The Labute approximate surface area is 346 Å². The lowest BCUT2D eigenvalue weighted by molar-refractivity contribution is -0.144. The highest BCUT2D eigenvalue weighted by Gasteiger charge is 2.40. The first-order valence-electron chi connectivity index (χ1n) is 18.9. The summed E-state index contributed by atoms with van der Waals surface area (Å²) in [5.41, 5.74) is 7.69. The van der Waals surface area contributed by atoms with Crippen molar-refractivity contribution in [3.8, 4) is 0 Å². The van der Waals surface area contributed by atoms with E-state index in [1.807, 2.05) is 10.6 Å². The number of hydrogen-bond donors (Lipinski definition) is 11. The van der Waals surface area contributed by atoms with Crippen LogP contribution < -0.4 is 32.3 Å². The van der Waals surface area contributed by atoms with E-state index in [1.165, 1.54) is 4.90 Å². The van der Waals surface area contributed by atoms with E-state index < -0.39 is 121 Å². The Balaban J connectivity index is 1.58. The van der Waals surface area contributed by atoms with Crippen LogP contribution >= 0.6 is 0 Å². The van der Waals surface area contributed by atoms with E-state index in [-0.39, 0.29) is 25.8 Å². The normalized spacial score (nSPS) is 15.9. The molecule has 1 aromatic heterocycles. The van der Waals surface area contributed by atoms with Gasteiger partial charge in [0.25, 0.3) is 0 Å². The van der Waals surface area contributed by atoms with Crippen molar-refractivity contribution in [1.82, 2.24) is 36.5 Å². The number of aliphatic carboxylic acids is 4. The molecule has 6 atom stereocenters. The summed E-state index contributed by atoms with van der Waals surface area (Å²) in [4.78, 5) is 131. The average molecular weight is 851 g/mol. The number of aromatic amines is 1. The third-order valence-electron chi connectivity index (χ3n) is 9.64. The molecule has 0 radical (unpaired) electrons. The molecule has 12 N–H and O–H groups in total. The predicted octanol–water partition coefficient (Wildman–Crippen LogP) is -2.16. The van der Waals surface area contributed by atoms with Gasteiger partial charge >= 0.3 is 23.9 Å². The lowest BCUT2D eigenvalue weighted by atomic mass is 10.0. The summed E-state index contributed by atoms with van der Waals surface area (Å²) in [6.45, 7) is -0.877. The summed E-state index contributed by atoms with van der Waals surface area (Å²) in [5, 5.41) is 49.0. The van der Waals surface area contributed by atoms with Crippen LogP contribution in [0, 0.1) is 0 Å². The number of nitrogens with zero attached hydrogens (tertiary/aromatic N) is 1. The van der Waals surface area contributed by atoms with E-state index >= 15 is 0 Å². The van der Waals surface area contributed by atoms with Crippen molar-refractivity contribution in [2.24, 2.45) is 5.73 Å². The summed E-state index contributed by atoms with van der Waals surface area (Å²) < 4.78 is 0. The van der Waals surface area contributed by atoms with Gasteiger partial charge in [0.05, 0.1) is 25.3 Å². The summed E-state index contributed by atoms with van der Waals surface area (Å²) in [6, 6.07) is 6.04. The molecule has 61 heavy (non-hydrogen) atoms. The molecule has 1 fully saturated rings. The lowest BCUT2D eigenvalue weighted by Gasteiger charge is -2.30. The number of likely N-dealkylation sites (tertiary alicyclic amines) is 1. The summed E-state index contributed by atoms with van der Waals surface area (Å²) >= 11 is 0. The second-order valence-corrected chi connectivity index (χ2v) is 14.2.